The van der Waals surface area contributed by atoms with Crippen LogP contribution < -0.4 is 5.73 Å². The standard InChI is InChI=1S/C14H12F3N5.C5H10O2/c1-7(13(16)17)8-2-3-10(19-5-8)11-4-9(15)12-6-20-14(18)21-22(11)12;6-5-2-1-3-7-4-5/h2-7,13H,1H3,(H2,18,21);5-6H,1-4H2. The number of hydrogen-bond donors (Lipinski definition) is 2. The molecule has 0 saturated carbocycles. The first-order valence-corrected chi connectivity index (χ1v) is 9.17. The number of halogens is 3. The second-order valence-electron chi connectivity index (χ2n) is 6.76. The molecule has 2 atom stereocenters. The fraction of sp³-hybridized carbons (Fsp3) is 0.421. The van der Waals surface area contributed by atoms with Gasteiger partial charge in [0.25, 0.3) is 0 Å². The van der Waals surface area contributed by atoms with Crippen molar-refractivity contribution in [2.24, 2.45) is 0 Å². The third-order valence-electron chi connectivity index (χ3n) is 4.57. The predicted molar refractivity (Wildman–Crippen MR) is 101 cm³/mol. The maximum absolute atomic E-state index is 13.9. The van der Waals surface area contributed by atoms with E-state index in [4.69, 9.17) is 15.6 Å². The van der Waals surface area contributed by atoms with E-state index in [0.717, 1.165) is 19.4 Å². The molecule has 3 aromatic rings. The zero-order chi connectivity index (χ0) is 21.0. The van der Waals surface area contributed by atoms with Gasteiger partial charge < -0.3 is 15.6 Å². The Morgan fingerprint density at radius 1 is 1.28 bits per heavy atom. The molecular formula is C19H22F3N5O2. The van der Waals surface area contributed by atoms with Crippen LogP contribution in [0.2, 0.25) is 0 Å². The van der Waals surface area contributed by atoms with Gasteiger partial charge in [-0.2, -0.15) is 0 Å². The van der Waals surface area contributed by atoms with E-state index in [1.54, 1.807) is 12.1 Å². The molecule has 0 spiro atoms. The first kappa shape index (κ1) is 21.0. The van der Waals surface area contributed by atoms with Crippen molar-refractivity contribution in [2.75, 3.05) is 18.9 Å². The number of nitrogen functional groups attached to an aromatic ring is 1. The van der Waals surface area contributed by atoms with Gasteiger partial charge >= 0.3 is 0 Å². The highest BCUT2D eigenvalue weighted by atomic mass is 19.3. The molecule has 3 N–H and O–H groups in total. The van der Waals surface area contributed by atoms with Crippen molar-refractivity contribution in [3.8, 4) is 11.4 Å². The lowest BCUT2D eigenvalue weighted by atomic mass is 10.0. The Morgan fingerprint density at radius 2 is 2.07 bits per heavy atom. The smallest absolute Gasteiger partial charge is 0.245 e. The maximum atomic E-state index is 13.9. The molecule has 0 bridgehead atoms. The minimum Gasteiger partial charge on any atom is -0.391 e. The highest BCUT2D eigenvalue weighted by Gasteiger charge is 2.18. The van der Waals surface area contributed by atoms with Gasteiger partial charge in [0, 0.05) is 24.8 Å². The average Bonchev–Trinajstić information content (AvgIpc) is 3.04. The summed E-state index contributed by atoms with van der Waals surface area (Å²) in [6.07, 6.45) is 1.91. The van der Waals surface area contributed by atoms with E-state index in [0.29, 0.717) is 23.6 Å². The highest BCUT2D eigenvalue weighted by molar-refractivity contribution is 5.64. The van der Waals surface area contributed by atoms with E-state index < -0.39 is 18.2 Å². The number of anilines is 1. The summed E-state index contributed by atoms with van der Waals surface area (Å²) in [4.78, 5) is 7.86. The van der Waals surface area contributed by atoms with Gasteiger partial charge in [0.05, 0.1) is 30.3 Å². The molecule has 4 heterocycles. The van der Waals surface area contributed by atoms with Gasteiger partial charge in [-0.15, -0.1) is 5.10 Å². The van der Waals surface area contributed by atoms with E-state index in [1.165, 1.54) is 29.9 Å². The molecule has 1 aliphatic rings. The quantitative estimate of drug-likeness (QED) is 0.690. The number of nitrogens with zero attached hydrogens (tertiary/aromatic N) is 4. The van der Waals surface area contributed by atoms with Crippen molar-refractivity contribution in [1.29, 1.82) is 0 Å². The van der Waals surface area contributed by atoms with Crippen LogP contribution in [-0.2, 0) is 4.74 Å². The lowest BCUT2D eigenvalue weighted by Gasteiger charge is -2.15. The molecule has 3 aromatic heterocycles. The second kappa shape index (κ2) is 9.19. The molecule has 0 aromatic carbocycles. The fourth-order valence-electron chi connectivity index (χ4n) is 2.84. The Bertz CT molecular complexity index is 943. The molecule has 156 valence electrons. The van der Waals surface area contributed by atoms with E-state index in [1.807, 2.05) is 0 Å². The molecule has 10 heteroatoms. The molecule has 7 nitrogen and oxygen atoms in total. The van der Waals surface area contributed by atoms with Crippen LogP contribution in [0, 0.1) is 5.82 Å². The number of rotatable bonds is 3. The highest BCUT2D eigenvalue weighted by Crippen LogP contribution is 2.26. The number of ether oxygens (including phenoxy) is 1. The normalized spacial score (nSPS) is 17.8. The number of aliphatic hydroxyl groups is 1. The maximum Gasteiger partial charge on any atom is 0.245 e. The van der Waals surface area contributed by atoms with Gasteiger partial charge in [-0.05, 0) is 24.5 Å². The number of pyridine rings is 1. The number of nitrogens with two attached hydrogens (primary N) is 1. The van der Waals surface area contributed by atoms with Gasteiger partial charge in [0.2, 0.25) is 12.4 Å². The van der Waals surface area contributed by atoms with Gasteiger partial charge in [-0.3, -0.25) is 4.98 Å². The Morgan fingerprint density at radius 3 is 2.62 bits per heavy atom. The van der Waals surface area contributed by atoms with Crippen molar-refractivity contribution in [3.05, 3.63) is 42.0 Å². The Hall–Kier alpha value is -2.72. The summed E-state index contributed by atoms with van der Waals surface area (Å²) in [6.45, 7) is 2.79. The minimum absolute atomic E-state index is 0.00714. The van der Waals surface area contributed by atoms with Crippen LogP contribution in [0.15, 0.2) is 30.6 Å². The van der Waals surface area contributed by atoms with E-state index in [2.05, 4.69) is 15.1 Å². The number of alkyl halides is 2. The van der Waals surface area contributed by atoms with Crippen LogP contribution in [0.5, 0.6) is 0 Å². The first-order valence-electron chi connectivity index (χ1n) is 9.17. The summed E-state index contributed by atoms with van der Waals surface area (Å²) < 4.78 is 45.5. The van der Waals surface area contributed by atoms with Crippen molar-refractivity contribution < 1.29 is 23.0 Å². The molecule has 2 unspecified atom stereocenters. The summed E-state index contributed by atoms with van der Waals surface area (Å²) >= 11 is 0. The predicted octanol–water partition coefficient (Wildman–Crippen LogP) is 3.04. The van der Waals surface area contributed by atoms with Crippen LogP contribution in [0.4, 0.5) is 19.1 Å². The monoisotopic (exact) mass is 409 g/mol. The fourth-order valence-corrected chi connectivity index (χ4v) is 2.84. The first-order chi connectivity index (χ1) is 13.9. The van der Waals surface area contributed by atoms with Crippen LogP contribution >= 0.6 is 0 Å². The lowest BCUT2D eigenvalue weighted by molar-refractivity contribution is -0.00535. The summed E-state index contributed by atoms with van der Waals surface area (Å²) in [5.74, 6) is -1.44. The Kier molecular flexibility index (Phi) is 6.65. The van der Waals surface area contributed by atoms with Gasteiger partial charge in [0.15, 0.2) is 5.82 Å². The number of fused-ring (bicyclic) bond motifs is 1. The molecule has 1 fully saturated rings. The van der Waals surface area contributed by atoms with Crippen LogP contribution in [-0.4, -0.2) is 50.4 Å². The number of aromatic nitrogens is 4. The van der Waals surface area contributed by atoms with Crippen molar-refractivity contribution in [2.45, 2.75) is 38.2 Å². The van der Waals surface area contributed by atoms with Crippen LogP contribution in [0.25, 0.3) is 16.9 Å². The van der Waals surface area contributed by atoms with E-state index >= 15 is 0 Å². The molecule has 1 saturated heterocycles. The zero-order valence-corrected chi connectivity index (χ0v) is 15.8. The van der Waals surface area contributed by atoms with Gasteiger partial charge in [0.1, 0.15) is 5.52 Å². The molecule has 0 radical (unpaired) electrons. The van der Waals surface area contributed by atoms with Crippen LogP contribution in [0.1, 0.15) is 31.2 Å². The van der Waals surface area contributed by atoms with Crippen molar-refractivity contribution >= 4 is 11.5 Å². The molecule has 1 aliphatic heterocycles. The molecule has 4 rings (SSSR count). The Balaban J connectivity index is 0.000000290. The zero-order valence-electron chi connectivity index (χ0n) is 15.8. The second-order valence-corrected chi connectivity index (χ2v) is 6.76. The van der Waals surface area contributed by atoms with E-state index in [9.17, 15) is 13.2 Å². The molecular weight excluding hydrogens is 387 g/mol. The van der Waals surface area contributed by atoms with Crippen molar-refractivity contribution in [1.82, 2.24) is 19.6 Å². The largest absolute Gasteiger partial charge is 0.391 e. The molecule has 29 heavy (non-hydrogen) atoms. The topological polar surface area (TPSA) is 98.6 Å². The molecule has 0 amide bonds. The summed E-state index contributed by atoms with van der Waals surface area (Å²) in [7, 11) is 0. The SMILES string of the molecule is CC(c1ccc(-c2cc(F)c3cnc(N)nn23)nc1)C(F)F.OC1CCCOC1. The summed E-state index contributed by atoms with van der Waals surface area (Å²) in [6, 6.07) is 4.34. The number of aliphatic hydroxyl groups excluding tert-OH is 1. The third-order valence-corrected chi connectivity index (χ3v) is 4.57. The summed E-state index contributed by atoms with van der Waals surface area (Å²) in [5, 5.41) is 12.7. The van der Waals surface area contributed by atoms with Crippen LogP contribution in [0.3, 0.4) is 0 Å². The minimum atomic E-state index is -2.47. The number of hydrogen-bond acceptors (Lipinski definition) is 6. The van der Waals surface area contributed by atoms with Crippen molar-refractivity contribution in [3.63, 3.8) is 0 Å². The average molecular weight is 409 g/mol. The summed E-state index contributed by atoms with van der Waals surface area (Å²) in [5.41, 5.74) is 6.86. The van der Waals surface area contributed by atoms with Gasteiger partial charge in [-0.25, -0.2) is 22.7 Å². The third kappa shape index (κ3) is 5.01. The molecule has 0 aliphatic carbocycles. The van der Waals surface area contributed by atoms with E-state index in [-0.39, 0.29) is 17.6 Å². The van der Waals surface area contributed by atoms with Gasteiger partial charge in [-0.1, -0.05) is 13.0 Å². The Labute approximate surface area is 165 Å². The lowest BCUT2D eigenvalue weighted by Crippen LogP contribution is -2.21.